The van der Waals surface area contributed by atoms with Crippen molar-refractivity contribution in [1.29, 1.82) is 0 Å². The van der Waals surface area contributed by atoms with Gasteiger partial charge in [-0.25, -0.2) is 20.8 Å². The van der Waals surface area contributed by atoms with Gasteiger partial charge in [-0.2, -0.15) is 0 Å². The van der Waals surface area contributed by atoms with Crippen LogP contribution in [-0.2, 0) is 0 Å². The number of rotatable bonds is 3. The van der Waals surface area contributed by atoms with Crippen LogP contribution in [0.3, 0.4) is 0 Å². The molecule has 0 bridgehead atoms. The number of hydrogen-bond donors (Lipinski definition) is 2. The lowest BCUT2D eigenvalue weighted by Crippen LogP contribution is -2.08. The van der Waals surface area contributed by atoms with Crippen LogP contribution in [0.15, 0.2) is 35.0 Å². The lowest BCUT2D eigenvalue weighted by molar-refractivity contribution is 0.940. The lowest BCUT2D eigenvalue weighted by atomic mass is 10.4. The van der Waals surface area contributed by atoms with Gasteiger partial charge < -0.3 is 5.43 Å². The molecule has 6 nitrogen and oxygen atoms in total. The van der Waals surface area contributed by atoms with Gasteiger partial charge in [0.05, 0.1) is 12.4 Å². The number of nitrogen functional groups attached to an aromatic ring is 1. The first kappa shape index (κ1) is 10.8. The largest absolute Gasteiger partial charge is 0.307 e. The first-order chi connectivity index (χ1) is 7.78. The fourth-order valence-electron chi connectivity index (χ4n) is 0.994. The first-order valence-corrected chi connectivity index (χ1v) is 5.35. The fourth-order valence-corrected chi connectivity index (χ4v) is 1.65. The molecule has 0 spiro atoms. The summed E-state index contributed by atoms with van der Waals surface area (Å²) >= 11 is 1.33. The number of nitrogens with two attached hydrogens (primary N) is 1. The number of hydrogen-bond acceptors (Lipinski definition) is 7. The molecule has 0 saturated carbocycles. The number of anilines is 1. The van der Waals surface area contributed by atoms with E-state index in [1.54, 1.807) is 24.8 Å². The molecule has 0 fully saturated rings. The average Bonchev–Trinajstić information content (AvgIpc) is 2.32. The molecule has 0 aliphatic rings. The Morgan fingerprint density at radius 1 is 1.19 bits per heavy atom. The molecule has 0 aliphatic heterocycles. The van der Waals surface area contributed by atoms with Crippen molar-refractivity contribution in [3.63, 3.8) is 0 Å². The zero-order chi connectivity index (χ0) is 11.4. The molecule has 0 atom stereocenters. The lowest BCUT2D eigenvalue weighted by Gasteiger charge is -2.01. The summed E-state index contributed by atoms with van der Waals surface area (Å²) in [7, 11) is 0. The summed E-state index contributed by atoms with van der Waals surface area (Å²) < 4.78 is 0. The molecular formula is C9H10N6S. The normalized spacial score (nSPS) is 10.1. The van der Waals surface area contributed by atoms with Crippen LogP contribution in [-0.4, -0.2) is 19.9 Å². The highest BCUT2D eigenvalue weighted by Crippen LogP contribution is 2.21. The average molecular weight is 234 g/mol. The van der Waals surface area contributed by atoms with Crippen molar-refractivity contribution in [1.82, 2.24) is 19.9 Å². The summed E-state index contributed by atoms with van der Waals surface area (Å²) in [5, 5.41) is 1.33. The molecular weight excluding hydrogens is 224 g/mol. The molecule has 0 aromatic carbocycles. The summed E-state index contributed by atoms with van der Waals surface area (Å²) in [5.41, 5.74) is 3.46. The highest BCUT2D eigenvalue weighted by atomic mass is 32.2. The second-order valence-corrected chi connectivity index (χ2v) is 4.02. The SMILES string of the molecule is Cc1cnc(Sc2cncc(NN)n2)nc1. The second kappa shape index (κ2) is 4.86. The van der Waals surface area contributed by atoms with E-state index in [1.807, 2.05) is 6.92 Å². The van der Waals surface area contributed by atoms with Gasteiger partial charge in [0, 0.05) is 12.4 Å². The third-order valence-electron chi connectivity index (χ3n) is 1.71. The summed E-state index contributed by atoms with van der Waals surface area (Å²) in [6.07, 6.45) is 6.69. The fraction of sp³-hybridized carbons (Fsp3) is 0.111. The minimum Gasteiger partial charge on any atom is -0.307 e. The Morgan fingerprint density at radius 3 is 2.62 bits per heavy atom. The third-order valence-corrected chi connectivity index (χ3v) is 2.51. The van der Waals surface area contributed by atoms with Gasteiger partial charge in [0.2, 0.25) is 0 Å². The van der Waals surface area contributed by atoms with E-state index in [1.165, 1.54) is 11.8 Å². The van der Waals surface area contributed by atoms with Crippen LogP contribution in [0.4, 0.5) is 5.82 Å². The van der Waals surface area contributed by atoms with E-state index in [0.717, 1.165) is 5.56 Å². The summed E-state index contributed by atoms with van der Waals surface area (Å²) in [6, 6.07) is 0. The number of hydrazine groups is 1. The maximum Gasteiger partial charge on any atom is 0.193 e. The van der Waals surface area contributed by atoms with E-state index < -0.39 is 0 Å². The van der Waals surface area contributed by atoms with Gasteiger partial charge in [-0.15, -0.1) is 0 Å². The zero-order valence-electron chi connectivity index (χ0n) is 8.58. The smallest absolute Gasteiger partial charge is 0.193 e. The maximum absolute atomic E-state index is 5.24. The monoisotopic (exact) mass is 234 g/mol. The summed E-state index contributed by atoms with van der Waals surface area (Å²) in [5.74, 6) is 5.75. The minimum atomic E-state index is 0.511. The van der Waals surface area contributed by atoms with Gasteiger partial charge in [0.1, 0.15) is 5.03 Å². The van der Waals surface area contributed by atoms with E-state index in [9.17, 15) is 0 Å². The molecule has 2 rings (SSSR count). The minimum absolute atomic E-state index is 0.511. The molecule has 0 unspecified atom stereocenters. The van der Waals surface area contributed by atoms with Crippen LogP contribution in [0.2, 0.25) is 0 Å². The predicted molar refractivity (Wildman–Crippen MR) is 60.7 cm³/mol. The van der Waals surface area contributed by atoms with Crippen LogP contribution in [0.25, 0.3) is 0 Å². The van der Waals surface area contributed by atoms with E-state index in [-0.39, 0.29) is 0 Å². The molecule has 0 saturated heterocycles. The van der Waals surface area contributed by atoms with Crippen LogP contribution in [0.5, 0.6) is 0 Å². The van der Waals surface area contributed by atoms with Crippen molar-refractivity contribution >= 4 is 17.6 Å². The van der Waals surface area contributed by atoms with E-state index >= 15 is 0 Å². The summed E-state index contributed by atoms with van der Waals surface area (Å²) in [6.45, 7) is 1.94. The van der Waals surface area contributed by atoms with E-state index in [0.29, 0.717) is 16.0 Å². The van der Waals surface area contributed by atoms with E-state index in [4.69, 9.17) is 5.84 Å². The summed E-state index contributed by atoms with van der Waals surface area (Å²) in [4.78, 5) is 16.5. The number of nitrogens with one attached hydrogen (secondary N) is 1. The van der Waals surface area contributed by atoms with Crippen LogP contribution >= 0.6 is 11.8 Å². The van der Waals surface area contributed by atoms with Gasteiger partial charge in [-0.3, -0.25) is 4.98 Å². The molecule has 7 heteroatoms. The Kier molecular flexibility index (Phi) is 3.28. The molecule has 82 valence electrons. The molecule has 0 amide bonds. The Labute approximate surface area is 96.7 Å². The third kappa shape index (κ3) is 2.65. The Balaban J connectivity index is 2.16. The topological polar surface area (TPSA) is 89.6 Å². The predicted octanol–water partition coefficient (Wildman–Crippen LogP) is 1.01. The van der Waals surface area contributed by atoms with Crippen LogP contribution < -0.4 is 11.3 Å². The first-order valence-electron chi connectivity index (χ1n) is 4.53. The number of aryl methyl sites for hydroxylation is 1. The van der Waals surface area contributed by atoms with Crippen molar-refractivity contribution in [2.24, 2.45) is 5.84 Å². The molecule has 0 aliphatic carbocycles. The van der Waals surface area contributed by atoms with Crippen molar-refractivity contribution < 1.29 is 0 Å². The van der Waals surface area contributed by atoms with Gasteiger partial charge in [0.25, 0.3) is 0 Å². The number of aromatic nitrogens is 4. The quantitative estimate of drug-likeness (QED) is 0.465. The van der Waals surface area contributed by atoms with Gasteiger partial charge in [-0.1, -0.05) is 0 Å². The molecule has 2 heterocycles. The van der Waals surface area contributed by atoms with Crippen molar-refractivity contribution in [2.45, 2.75) is 17.1 Å². The Morgan fingerprint density at radius 2 is 1.94 bits per heavy atom. The highest BCUT2D eigenvalue weighted by Gasteiger charge is 2.02. The Hall–Kier alpha value is -1.73. The van der Waals surface area contributed by atoms with Crippen molar-refractivity contribution in [2.75, 3.05) is 5.43 Å². The van der Waals surface area contributed by atoms with Crippen molar-refractivity contribution in [3.8, 4) is 0 Å². The molecule has 2 aromatic heterocycles. The highest BCUT2D eigenvalue weighted by molar-refractivity contribution is 7.99. The van der Waals surface area contributed by atoms with Crippen LogP contribution in [0.1, 0.15) is 5.56 Å². The molecule has 16 heavy (non-hydrogen) atoms. The Bertz CT molecular complexity index is 472. The van der Waals surface area contributed by atoms with E-state index in [2.05, 4.69) is 25.4 Å². The van der Waals surface area contributed by atoms with Crippen molar-refractivity contribution in [3.05, 3.63) is 30.4 Å². The molecule has 2 aromatic rings. The molecule has 3 N–H and O–H groups in total. The second-order valence-electron chi connectivity index (χ2n) is 3.03. The zero-order valence-corrected chi connectivity index (χ0v) is 9.40. The maximum atomic E-state index is 5.24. The van der Waals surface area contributed by atoms with Gasteiger partial charge >= 0.3 is 0 Å². The number of nitrogens with zero attached hydrogens (tertiary/aromatic N) is 4. The van der Waals surface area contributed by atoms with Crippen LogP contribution in [0, 0.1) is 6.92 Å². The van der Waals surface area contributed by atoms with Gasteiger partial charge in [-0.05, 0) is 24.2 Å². The molecule has 0 radical (unpaired) electrons. The standard InChI is InChI=1S/C9H10N6S/c1-6-2-12-9(13-3-6)16-8-5-11-4-7(14-8)15-10/h2-5H,10H2,1H3,(H,14,15). The van der Waals surface area contributed by atoms with Gasteiger partial charge in [0.15, 0.2) is 11.0 Å².